The van der Waals surface area contributed by atoms with E-state index in [4.69, 9.17) is 5.26 Å². The number of rotatable bonds is 4. The van der Waals surface area contributed by atoms with Gasteiger partial charge in [-0.2, -0.15) is 14.7 Å². The molecule has 0 spiro atoms. The van der Waals surface area contributed by atoms with Crippen LogP contribution >= 0.6 is 0 Å². The Hall–Kier alpha value is -2.24. The van der Waals surface area contributed by atoms with Gasteiger partial charge in [-0.25, -0.2) is 12.8 Å². The summed E-state index contributed by atoms with van der Waals surface area (Å²) in [7, 11) is -2.44. The fraction of sp³-hybridized carbons (Fsp3) is 0.167. The van der Waals surface area contributed by atoms with Crippen molar-refractivity contribution in [3.8, 4) is 6.07 Å². The minimum absolute atomic E-state index is 0.0724. The second kappa shape index (κ2) is 5.40. The minimum atomic E-state index is -3.76. The van der Waals surface area contributed by atoms with Gasteiger partial charge in [-0.1, -0.05) is 0 Å². The average molecular weight is 294 g/mol. The van der Waals surface area contributed by atoms with E-state index >= 15 is 0 Å². The highest BCUT2D eigenvalue weighted by atomic mass is 32.2. The number of aromatic nitrogens is 2. The quantitative estimate of drug-likeness (QED) is 0.918. The van der Waals surface area contributed by atoms with Crippen molar-refractivity contribution in [2.75, 3.05) is 7.05 Å². The molecule has 6 nitrogen and oxygen atoms in total. The van der Waals surface area contributed by atoms with Crippen LogP contribution in [0.2, 0.25) is 0 Å². The first-order valence-corrected chi connectivity index (χ1v) is 7.03. The van der Waals surface area contributed by atoms with Crippen LogP contribution < -0.4 is 0 Å². The molecule has 0 amide bonds. The van der Waals surface area contributed by atoms with Gasteiger partial charge in [0, 0.05) is 19.2 Å². The predicted octanol–water partition coefficient (Wildman–Crippen LogP) is 1.24. The molecule has 0 fully saturated rings. The largest absolute Gasteiger partial charge is 0.266 e. The lowest BCUT2D eigenvalue weighted by atomic mass is 10.1. The third-order valence-electron chi connectivity index (χ3n) is 2.73. The van der Waals surface area contributed by atoms with E-state index in [2.05, 4.69) is 10.2 Å². The van der Waals surface area contributed by atoms with E-state index in [1.54, 1.807) is 0 Å². The number of benzene rings is 1. The number of nitriles is 1. The van der Waals surface area contributed by atoms with Crippen molar-refractivity contribution in [1.29, 1.82) is 5.26 Å². The molecule has 104 valence electrons. The number of hydrogen-bond acceptors (Lipinski definition) is 4. The Bertz CT molecular complexity index is 750. The monoisotopic (exact) mass is 294 g/mol. The van der Waals surface area contributed by atoms with Crippen LogP contribution in [0, 0.1) is 17.1 Å². The Morgan fingerprint density at radius 3 is 2.80 bits per heavy atom. The van der Waals surface area contributed by atoms with Crippen molar-refractivity contribution in [2.24, 2.45) is 0 Å². The topological polar surface area (TPSA) is 89.8 Å². The number of aromatic amines is 1. The number of sulfonamides is 1. The molecule has 1 N–H and O–H groups in total. The third-order valence-corrected chi connectivity index (χ3v) is 4.46. The highest BCUT2D eigenvalue weighted by molar-refractivity contribution is 7.89. The predicted molar refractivity (Wildman–Crippen MR) is 68.4 cm³/mol. The smallest absolute Gasteiger partial charge is 0.260 e. The Labute approximate surface area is 115 Å². The van der Waals surface area contributed by atoms with Crippen LogP contribution in [0.25, 0.3) is 0 Å². The Morgan fingerprint density at radius 2 is 2.20 bits per heavy atom. The molecule has 20 heavy (non-hydrogen) atoms. The fourth-order valence-corrected chi connectivity index (χ4v) is 2.69. The molecule has 0 saturated carbocycles. The fourth-order valence-electron chi connectivity index (χ4n) is 1.64. The van der Waals surface area contributed by atoms with E-state index < -0.39 is 15.8 Å². The van der Waals surface area contributed by atoms with Gasteiger partial charge in [0.05, 0.1) is 17.8 Å². The van der Waals surface area contributed by atoms with Gasteiger partial charge in [0.15, 0.2) is 5.03 Å². The number of hydrogen-bond donors (Lipinski definition) is 1. The van der Waals surface area contributed by atoms with Gasteiger partial charge in [-0.05, 0) is 24.3 Å². The summed E-state index contributed by atoms with van der Waals surface area (Å²) in [5, 5.41) is 14.6. The van der Waals surface area contributed by atoms with Crippen LogP contribution in [0.4, 0.5) is 4.39 Å². The average Bonchev–Trinajstić information content (AvgIpc) is 2.95. The molecule has 0 aliphatic heterocycles. The van der Waals surface area contributed by atoms with Gasteiger partial charge in [0.2, 0.25) is 0 Å². The highest BCUT2D eigenvalue weighted by Gasteiger charge is 2.23. The lowest BCUT2D eigenvalue weighted by Crippen LogP contribution is -2.27. The SMILES string of the molecule is CN(Cc1cc(C#N)ccc1F)S(=O)(=O)c1ccn[nH]1. The standard InChI is InChI=1S/C12H11FN4O2S/c1-17(20(18,19)12-4-5-15-16-12)8-10-6-9(7-14)2-3-11(10)13/h2-6H,8H2,1H3,(H,15,16). The van der Waals surface area contributed by atoms with Crippen LogP contribution in [0.15, 0.2) is 35.5 Å². The van der Waals surface area contributed by atoms with Gasteiger partial charge < -0.3 is 0 Å². The second-order valence-electron chi connectivity index (χ2n) is 4.10. The highest BCUT2D eigenvalue weighted by Crippen LogP contribution is 2.17. The maximum atomic E-state index is 13.6. The molecule has 2 rings (SSSR count). The number of H-pyrrole nitrogens is 1. The molecule has 0 bridgehead atoms. The van der Waals surface area contributed by atoms with Crippen molar-refractivity contribution in [3.63, 3.8) is 0 Å². The molecule has 1 aromatic heterocycles. The summed E-state index contributed by atoms with van der Waals surface area (Å²) < 4.78 is 38.9. The minimum Gasteiger partial charge on any atom is -0.266 e. The molecular formula is C12H11FN4O2S. The molecule has 0 saturated heterocycles. The van der Waals surface area contributed by atoms with E-state index in [1.165, 1.54) is 31.4 Å². The van der Waals surface area contributed by atoms with Crippen molar-refractivity contribution in [1.82, 2.24) is 14.5 Å². The normalized spacial score (nSPS) is 11.5. The first-order valence-electron chi connectivity index (χ1n) is 5.59. The molecule has 2 aromatic rings. The Morgan fingerprint density at radius 1 is 1.45 bits per heavy atom. The number of halogens is 1. The van der Waals surface area contributed by atoms with E-state index in [1.807, 2.05) is 6.07 Å². The Kier molecular flexibility index (Phi) is 3.83. The summed E-state index contributed by atoms with van der Waals surface area (Å²) in [5.74, 6) is -0.560. The van der Waals surface area contributed by atoms with Crippen LogP contribution in [0.5, 0.6) is 0 Å². The zero-order valence-electron chi connectivity index (χ0n) is 10.5. The lowest BCUT2D eigenvalue weighted by molar-refractivity contribution is 0.453. The van der Waals surface area contributed by atoms with Gasteiger partial charge in [0.25, 0.3) is 10.0 Å². The maximum Gasteiger partial charge on any atom is 0.260 e. The van der Waals surface area contributed by atoms with E-state index in [0.717, 1.165) is 10.4 Å². The number of nitrogens with zero attached hydrogens (tertiary/aromatic N) is 3. The molecule has 0 atom stereocenters. The summed E-state index contributed by atoms with van der Waals surface area (Å²) in [5.41, 5.74) is 0.406. The van der Waals surface area contributed by atoms with Gasteiger partial charge in [0.1, 0.15) is 5.82 Å². The zero-order chi connectivity index (χ0) is 14.8. The Balaban J connectivity index is 2.29. The third kappa shape index (κ3) is 2.68. The summed E-state index contributed by atoms with van der Waals surface area (Å²) in [6.07, 6.45) is 1.32. The first kappa shape index (κ1) is 14.2. The molecule has 0 radical (unpaired) electrons. The summed E-state index contributed by atoms with van der Waals surface area (Å²) in [6.45, 7) is -0.178. The lowest BCUT2D eigenvalue weighted by Gasteiger charge is -2.16. The molecule has 0 unspecified atom stereocenters. The van der Waals surface area contributed by atoms with Crippen molar-refractivity contribution >= 4 is 10.0 Å². The molecule has 1 heterocycles. The first-order chi connectivity index (χ1) is 9.45. The zero-order valence-corrected chi connectivity index (χ0v) is 11.4. The molecule has 0 aliphatic rings. The van der Waals surface area contributed by atoms with Crippen molar-refractivity contribution in [2.45, 2.75) is 11.6 Å². The maximum absolute atomic E-state index is 13.6. The summed E-state index contributed by atoms with van der Waals surface area (Å²) in [4.78, 5) is 0. The van der Waals surface area contributed by atoms with Crippen LogP contribution in [0.1, 0.15) is 11.1 Å². The van der Waals surface area contributed by atoms with Gasteiger partial charge in [-0.3, -0.25) is 5.10 Å². The summed E-state index contributed by atoms with van der Waals surface area (Å²) in [6, 6.07) is 7.00. The van der Waals surface area contributed by atoms with Gasteiger partial charge >= 0.3 is 0 Å². The van der Waals surface area contributed by atoms with E-state index in [0.29, 0.717) is 0 Å². The number of nitrogens with one attached hydrogen (secondary N) is 1. The van der Waals surface area contributed by atoms with Crippen LogP contribution in [-0.2, 0) is 16.6 Å². The van der Waals surface area contributed by atoms with Crippen LogP contribution in [-0.4, -0.2) is 30.0 Å². The van der Waals surface area contributed by atoms with Crippen molar-refractivity contribution < 1.29 is 12.8 Å². The summed E-state index contributed by atoms with van der Waals surface area (Å²) >= 11 is 0. The van der Waals surface area contributed by atoms with Crippen molar-refractivity contribution in [3.05, 3.63) is 47.4 Å². The van der Waals surface area contributed by atoms with Crippen LogP contribution in [0.3, 0.4) is 0 Å². The second-order valence-corrected chi connectivity index (χ2v) is 6.11. The molecule has 1 aromatic carbocycles. The van der Waals surface area contributed by atoms with Gasteiger partial charge in [-0.15, -0.1) is 0 Å². The molecule has 0 aliphatic carbocycles. The van der Waals surface area contributed by atoms with E-state index in [-0.39, 0.29) is 22.7 Å². The van der Waals surface area contributed by atoms with E-state index in [9.17, 15) is 12.8 Å². The molecule has 8 heteroatoms. The molecular weight excluding hydrogens is 283 g/mol.